The van der Waals surface area contributed by atoms with Gasteiger partial charge < -0.3 is 5.32 Å². The van der Waals surface area contributed by atoms with Gasteiger partial charge >= 0.3 is 6.18 Å². The lowest BCUT2D eigenvalue weighted by atomic mass is 10.0. The van der Waals surface area contributed by atoms with E-state index >= 15 is 0 Å². The summed E-state index contributed by atoms with van der Waals surface area (Å²) < 4.78 is 39.4. The fraction of sp³-hybridized carbons (Fsp3) is 0.400. The predicted molar refractivity (Wildman–Crippen MR) is 75.0 cm³/mol. The van der Waals surface area contributed by atoms with Gasteiger partial charge in [0, 0.05) is 23.2 Å². The van der Waals surface area contributed by atoms with Crippen molar-refractivity contribution in [3.05, 3.63) is 35.0 Å². The van der Waals surface area contributed by atoms with E-state index in [4.69, 9.17) is 0 Å². The molecule has 0 radical (unpaired) electrons. The van der Waals surface area contributed by atoms with Crippen LogP contribution in [0.2, 0.25) is 0 Å². The normalized spacial score (nSPS) is 11.9. The monoisotopic (exact) mass is 282 g/mol. The summed E-state index contributed by atoms with van der Waals surface area (Å²) in [5, 5.41) is 3.79. The molecule has 2 rings (SSSR count). The third-order valence-electron chi connectivity index (χ3n) is 3.35. The number of nitrogens with one attached hydrogen (secondary N) is 1. The average molecular weight is 282 g/mol. The quantitative estimate of drug-likeness (QED) is 0.893. The third-order valence-corrected chi connectivity index (χ3v) is 3.35. The van der Waals surface area contributed by atoms with Crippen LogP contribution in [0.25, 0.3) is 10.9 Å². The summed E-state index contributed by atoms with van der Waals surface area (Å²) in [6.45, 7) is 5.80. The number of fused-ring (bicyclic) bond motifs is 1. The Morgan fingerprint density at radius 3 is 2.45 bits per heavy atom. The van der Waals surface area contributed by atoms with Crippen LogP contribution in [0.3, 0.4) is 0 Å². The fourth-order valence-electron chi connectivity index (χ4n) is 2.41. The maximum atomic E-state index is 13.1. The standard InChI is InChI=1S/C15H17F3N2/c1-4-10-7-6-8-11-12(19-5-2)9(3)14(15(16,17)18)20-13(10)11/h6-8H,4-5H2,1-3H3,(H,19,20). The van der Waals surface area contributed by atoms with Gasteiger partial charge in [-0.2, -0.15) is 13.2 Å². The molecule has 20 heavy (non-hydrogen) atoms. The van der Waals surface area contributed by atoms with E-state index in [0.717, 1.165) is 10.9 Å². The van der Waals surface area contributed by atoms with Gasteiger partial charge in [0.1, 0.15) is 5.69 Å². The van der Waals surface area contributed by atoms with Gasteiger partial charge in [-0.05, 0) is 25.8 Å². The molecule has 0 fully saturated rings. The molecule has 0 atom stereocenters. The third kappa shape index (κ3) is 2.44. The van der Waals surface area contributed by atoms with Crippen molar-refractivity contribution in [3.63, 3.8) is 0 Å². The van der Waals surface area contributed by atoms with Gasteiger partial charge in [0.2, 0.25) is 0 Å². The first kappa shape index (κ1) is 14.6. The molecule has 108 valence electrons. The molecule has 0 unspecified atom stereocenters. The highest BCUT2D eigenvalue weighted by molar-refractivity contribution is 5.95. The van der Waals surface area contributed by atoms with E-state index in [-0.39, 0.29) is 5.56 Å². The Hall–Kier alpha value is -1.78. The van der Waals surface area contributed by atoms with E-state index in [0.29, 0.717) is 24.2 Å². The van der Waals surface area contributed by atoms with Crippen molar-refractivity contribution < 1.29 is 13.2 Å². The highest BCUT2D eigenvalue weighted by Gasteiger charge is 2.36. The molecule has 2 aromatic rings. The van der Waals surface area contributed by atoms with Crippen LogP contribution >= 0.6 is 0 Å². The Morgan fingerprint density at radius 1 is 1.20 bits per heavy atom. The second kappa shape index (κ2) is 5.31. The van der Waals surface area contributed by atoms with E-state index in [1.165, 1.54) is 6.92 Å². The molecular formula is C15H17F3N2. The first-order valence-electron chi connectivity index (χ1n) is 6.63. The zero-order valence-corrected chi connectivity index (χ0v) is 11.7. The molecule has 5 heteroatoms. The van der Waals surface area contributed by atoms with Crippen molar-refractivity contribution >= 4 is 16.6 Å². The maximum Gasteiger partial charge on any atom is 0.433 e. The molecule has 1 N–H and O–H groups in total. The smallest absolute Gasteiger partial charge is 0.385 e. The Balaban J connectivity index is 2.87. The number of anilines is 1. The van der Waals surface area contributed by atoms with Gasteiger partial charge in [-0.15, -0.1) is 0 Å². The van der Waals surface area contributed by atoms with Crippen LogP contribution in [0.15, 0.2) is 18.2 Å². The lowest BCUT2D eigenvalue weighted by Gasteiger charge is -2.18. The highest BCUT2D eigenvalue weighted by Crippen LogP contribution is 2.37. The number of pyridine rings is 1. The van der Waals surface area contributed by atoms with E-state index in [2.05, 4.69) is 10.3 Å². The second-order valence-electron chi connectivity index (χ2n) is 4.66. The molecule has 0 aliphatic carbocycles. The van der Waals surface area contributed by atoms with Gasteiger partial charge in [-0.25, -0.2) is 4.98 Å². The number of aryl methyl sites for hydroxylation is 1. The summed E-state index contributed by atoms with van der Waals surface area (Å²) in [6, 6.07) is 5.49. The predicted octanol–water partition coefficient (Wildman–Crippen LogP) is 4.56. The SMILES string of the molecule is CCNc1c(C)c(C(F)(F)F)nc2c(CC)cccc12. The molecule has 0 spiro atoms. The van der Waals surface area contributed by atoms with Crippen LogP contribution in [0.4, 0.5) is 18.9 Å². The van der Waals surface area contributed by atoms with Gasteiger partial charge in [-0.1, -0.05) is 25.1 Å². The summed E-state index contributed by atoms with van der Waals surface area (Å²) in [7, 11) is 0. The number of hydrogen-bond donors (Lipinski definition) is 1. The molecular weight excluding hydrogens is 265 g/mol. The van der Waals surface area contributed by atoms with E-state index in [1.807, 2.05) is 32.0 Å². The largest absolute Gasteiger partial charge is 0.433 e. The lowest BCUT2D eigenvalue weighted by Crippen LogP contribution is -2.14. The average Bonchev–Trinajstić information content (AvgIpc) is 2.39. The summed E-state index contributed by atoms with van der Waals surface area (Å²) >= 11 is 0. The number of aromatic nitrogens is 1. The number of rotatable bonds is 3. The topological polar surface area (TPSA) is 24.9 Å². The zero-order valence-electron chi connectivity index (χ0n) is 11.7. The first-order chi connectivity index (χ1) is 9.40. The van der Waals surface area contributed by atoms with Crippen LogP contribution in [-0.2, 0) is 12.6 Å². The molecule has 1 heterocycles. The number of halogens is 3. The zero-order chi connectivity index (χ0) is 14.9. The Bertz CT molecular complexity index is 633. The number of nitrogens with zero attached hydrogens (tertiary/aromatic N) is 1. The van der Waals surface area contributed by atoms with Crippen LogP contribution in [-0.4, -0.2) is 11.5 Å². The molecule has 0 saturated carbocycles. The van der Waals surface area contributed by atoms with Gasteiger partial charge in [0.25, 0.3) is 0 Å². The molecule has 1 aromatic carbocycles. The number of hydrogen-bond acceptors (Lipinski definition) is 2. The molecule has 2 nitrogen and oxygen atoms in total. The van der Waals surface area contributed by atoms with Crippen molar-refractivity contribution in [2.24, 2.45) is 0 Å². The fourth-order valence-corrected chi connectivity index (χ4v) is 2.41. The van der Waals surface area contributed by atoms with E-state index in [9.17, 15) is 13.2 Å². The van der Waals surface area contributed by atoms with Gasteiger partial charge in [0.05, 0.1) is 5.52 Å². The van der Waals surface area contributed by atoms with Crippen molar-refractivity contribution in [1.82, 2.24) is 4.98 Å². The van der Waals surface area contributed by atoms with Crippen LogP contribution < -0.4 is 5.32 Å². The summed E-state index contributed by atoms with van der Waals surface area (Å²) in [5.74, 6) is 0. The molecule has 0 saturated heterocycles. The van der Waals surface area contributed by atoms with Gasteiger partial charge in [-0.3, -0.25) is 0 Å². The van der Waals surface area contributed by atoms with Crippen molar-refractivity contribution in [3.8, 4) is 0 Å². The lowest BCUT2D eigenvalue weighted by molar-refractivity contribution is -0.141. The van der Waals surface area contributed by atoms with Gasteiger partial charge in [0.15, 0.2) is 0 Å². The number of benzene rings is 1. The van der Waals surface area contributed by atoms with Crippen molar-refractivity contribution in [1.29, 1.82) is 0 Å². The molecule has 0 amide bonds. The van der Waals surface area contributed by atoms with Crippen molar-refractivity contribution in [2.45, 2.75) is 33.4 Å². The minimum Gasteiger partial charge on any atom is -0.385 e. The molecule has 0 bridgehead atoms. The summed E-state index contributed by atoms with van der Waals surface area (Å²) in [6.07, 6.45) is -3.79. The Kier molecular flexibility index (Phi) is 3.88. The number of para-hydroxylation sites is 1. The molecule has 0 aliphatic rings. The van der Waals surface area contributed by atoms with Crippen LogP contribution in [0.1, 0.15) is 30.7 Å². The second-order valence-corrected chi connectivity index (χ2v) is 4.66. The van der Waals surface area contributed by atoms with Crippen LogP contribution in [0.5, 0.6) is 0 Å². The minimum absolute atomic E-state index is 0.153. The summed E-state index contributed by atoms with van der Waals surface area (Å²) in [5.41, 5.74) is 1.14. The molecule has 0 aliphatic heterocycles. The maximum absolute atomic E-state index is 13.1. The highest BCUT2D eigenvalue weighted by atomic mass is 19.4. The minimum atomic E-state index is -4.44. The van der Waals surface area contributed by atoms with Crippen molar-refractivity contribution in [2.75, 3.05) is 11.9 Å². The Labute approximate surface area is 116 Å². The van der Waals surface area contributed by atoms with Crippen LogP contribution in [0, 0.1) is 6.92 Å². The van der Waals surface area contributed by atoms with E-state index in [1.54, 1.807) is 0 Å². The summed E-state index contributed by atoms with van der Waals surface area (Å²) in [4.78, 5) is 3.89. The Morgan fingerprint density at radius 2 is 1.90 bits per heavy atom. The van der Waals surface area contributed by atoms with E-state index < -0.39 is 11.9 Å². The number of alkyl halides is 3. The first-order valence-corrected chi connectivity index (χ1v) is 6.63. The molecule has 1 aromatic heterocycles.